The average molecular weight is 657 g/mol. The van der Waals surface area contributed by atoms with Gasteiger partial charge in [-0.2, -0.15) is 17.6 Å². The average Bonchev–Trinajstić information content (AvgIpc) is 3.09. The van der Waals surface area contributed by atoms with E-state index >= 15 is 0 Å². The van der Waals surface area contributed by atoms with E-state index in [0.717, 1.165) is 5.56 Å². The molecule has 0 bridgehead atoms. The Balaban J connectivity index is 1.04. The number of ether oxygens (including phenoxy) is 2. The molecule has 0 radical (unpaired) electrons. The Labute approximate surface area is 269 Å². The zero-order valence-electron chi connectivity index (χ0n) is 25.8. The first-order valence-electron chi connectivity index (χ1n) is 15.4. The summed E-state index contributed by atoms with van der Waals surface area (Å²) in [6.07, 6.45) is -4.59. The van der Waals surface area contributed by atoms with Crippen molar-refractivity contribution < 1.29 is 41.4 Å². The minimum atomic E-state index is -4.55. The number of rotatable bonds is 11. The molecule has 0 aliphatic carbocycles. The molecule has 5 rings (SSSR count). The second kappa shape index (κ2) is 14.9. The van der Waals surface area contributed by atoms with E-state index in [9.17, 15) is 31.9 Å². The molecular formula is C34H36F4N4O5. The van der Waals surface area contributed by atoms with Gasteiger partial charge in [0, 0.05) is 56.4 Å². The monoisotopic (exact) mass is 656 g/mol. The molecule has 2 amide bonds. The highest BCUT2D eigenvalue weighted by Crippen LogP contribution is 2.28. The highest BCUT2D eigenvalue weighted by atomic mass is 19.3. The minimum Gasteiger partial charge on any atom is -0.497 e. The van der Waals surface area contributed by atoms with Crippen LogP contribution >= 0.6 is 0 Å². The third kappa shape index (κ3) is 8.64. The molecule has 2 aliphatic heterocycles. The van der Waals surface area contributed by atoms with Crippen LogP contribution in [0.1, 0.15) is 62.5 Å². The Kier molecular flexibility index (Phi) is 10.7. The molecule has 0 atom stereocenters. The largest absolute Gasteiger partial charge is 0.497 e. The van der Waals surface area contributed by atoms with Gasteiger partial charge in [0.2, 0.25) is 0 Å². The number of piperidine rings is 2. The summed E-state index contributed by atoms with van der Waals surface area (Å²) < 4.78 is 60.2. The summed E-state index contributed by atoms with van der Waals surface area (Å²) in [5, 5.41) is 3.02. The molecule has 9 nitrogen and oxygen atoms in total. The van der Waals surface area contributed by atoms with Gasteiger partial charge in [-0.15, -0.1) is 0 Å². The van der Waals surface area contributed by atoms with Crippen molar-refractivity contribution in [2.45, 2.75) is 50.8 Å². The minimum absolute atomic E-state index is 0.0580. The molecule has 3 aromatic rings. The van der Waals surface area contributed by atoms with E-state index < -0.39 is 12.5 Å². The van der Waals surface area contributed by atoms with Crippen molar-refractivity contribution in [3.63, 3.8) is 0 Å². The first kappa shape index (κ1) is 33.8. The lowest BCUT2D eigenvalue weighted by molar-refractivity contribution is -0.253. The highest BCUT2D eigenvalue weighted by Gasteiger charge is 2.44. The lowest BCUT2D eigenvalue weighted by Crippen LogP contribution is -2.44. The van der Waals surface area contributed by atoms with Crippen LogP contribution in [0.2, 0.25) is 0 Å². The smallest absolute Gasteiger partial charge is 0.461 e. The normalized spacial score (nSPS) is 16.6. The highest BCUT2D eigenvalue weighted by molar-refractivity contribution is 5.99. The number of carbonyl (C=O) groups is 3. The van der Waals surface area contributed by atoms with Crippen LogP contribution in [0.25, 0.3) is 0 Å². The molecule has 250 valence electrons. The Morgan fingerprint density at radius 2 is 1.49 bits per heavy atom. The van der Waals surface area contributed by atoms with Gasteiger partial charge in [-0.1, -0.05) is 12.1 Å². The molecule has 0 saturated carbocycles. The van der Waals surface area contributed by atoms with Crippen LogP contribution < -0.4 is 14.8 Å². The van der Waals surface area contributed by atoms with Crippen molar-refractivity contribution in [1.82, 2.24) is 20.1 Å². The summed E-state index contributed by atoms with van der Waals surface area (Å²) in [4.78, 5) is 46.9. The second-order valence-electron chi connectivity index (χ2n) is 11.7. The number of hydrogen-bond acceptors (Lipinski definition) is 7. The van der Waals surface area contributed by atoms with Crippen LogP contribution in [0.3, 0.4) is 0 Å². The maximum Gasteiger partial charge on any atom is 0.461 e. The fourth-order valence-electron chi connectivity index (χ4n) is 5.78. The van der Waals surface area contributed by atoms with Crippen molar-refractivity contribution in [2.75, 3.05) is 33.3 Å². The van der Waals surface area contributed by atoms with Crippen LogP contribution in [0.4, 0.5) is 17.6 Å². The van der Waals surface area contributed by atoms with Crippen molar-refractivity contribution in [2.24, 2.45) is 5.92 Å². The number of carbonyl (C=O) groups excluding carboxylic acids is 3. The van der Waals surface area contributed by atoms with E-state index in [0.29, 0.717) is 75.3 Å². The quantitative estimate of drug-likeness (QED) is 0.216. The molecule has 2 aromatic carbocycles. The Bertz CT molecular complexity index is 1520. The van der Waals surface area contributed by atoms with E-state index in [4.69, 9.17) is 4.74 Å². The van der Waals surface area contributed by atoms with Gasteiger partial charge in [0.1, 0.15) is 17.2 Å². The van der Waals surface area contributed by atoms with E-state index in [1.807, 2.05) is 0 Å². The Hall–Kier alpha value is -4.52. The maximum absolute atomic E-state index is 13.1. The molecule has 2 fully saturated rings. The zero-order valence-corrected chi connectivity index (χ0v) is 25.8. The predicted molar refractivity (Wildman–Crippen MR) is 164 cm³/mol. The van der Waals surface area contributed by atoms with Crippen molar-refractivity contribution in [3.8, 4) is 11.5 Å². The van der Waals surface area contributed by atoms with Gasteiger partial charge in [-0.05, 0) is 79.8 Å². The maximum atomic E-state index is 13.1. The third-order valence-electron chi connectivity index (χ3n) is 8.53. The SMILES string of the molecule is COc1ccc(C(=O)C2CCN(C(=O)c3ccc(C(=O)NC4CCN(Cc5ccc(OC(F)(F)C(F)F)cc5)CC4)cn3)CC2)cc1. The predicted octanol–water partition coefficient (Wildman–Crippen LogP) is 5.46. The number of Topliss-reactive ketones (excluding diaryl/α,β-unsaturated/α-hetero) is 1. The second-order valence-corrected chi connectivity index (χ2v) is 11.7. The van der Waals surface area contributed by atoms with E-state index in [1.165, 1.54) is 18.3 Å². The topological polar surface area (TPSA) is 101 Å². The summed E-state index contributed by atoms with van der Waals surface area (Å²) in [5.41, 5.74) is 2.01. The van der Waals surface area contributed by atoms with Gasteiger partial charge in [-0.25, -0.2) is 0 Å². The van der Waals surface area contributed by atoms with Gasteiger partial charge in [0.15, 0.2) is 5.78 Å². The molecular weight excluding hydrogens is 620 g/mol. The summed E-state index contributed by atoms with van der Waals surface area (Å²) in [6, 6.07) is 15.7. The number of nitrogens with zero attached hydrogens (tertiary/aromatic N) is 3. The first-order valence-corrected chi connectivity index (χ1v) is 15.4. The number of likely N-dealkylation sites (tertiary alicyclic amines) is 2. The van der Waals surface area contributed by atoms with Crippen LogP contribution in [-0.4, -0.2) is 84.2 Å². The zero-order chi connectivity index (χ0) is 33.6. The van der Waals surface area contributed by atoms with E-state index in [-0.39, 0.29) is 41.0 Å². The number of benzene rings is 2. The molecule has 0 unspecified atom stereocenters. The molecule has 0 spiro atoms. The number of methoxy groups -OCH3 is 1. The molecule has 3 heterocycles. The molecule has 13 heteroatoms. The van der Waals surface area contributed by atoms with E-state index in [2.05, 4.69) is 19.9 Å². The van der Waals surface area contributed by atoms with Crippen LogP contribution in [0, 0.1) is 5.92 Å². The Morgan fingerprint density at radius 1 is 0.872 bits per heavy atom. The number of alkyl halides is 4. The molecule has 2 aliphatic rings. The van der Waals surface area contributed by atoms with Crippen molar-refractivity contribution in [3.05, 3.63) is 89.2 Å². The van der Waals surface area contributed by atoms with Crippen LogP contribution in [0.15, 0.2) is 66.9 Å². The number of ketones is 1. The molecule has 1 N–H and O–H groups in total. The number of pyridine rings is 1. The number of nitrogens with one attached hydrogen (secondary N) is 1. The fourth-order valence-corrected chi connectivity index (χ4v) is 5.78. The lowest BCUT2D eigenvalue weighted by atomic mass is 9.88. The molecule has 2 saturated heterocycles. The standard InChI is InChI=1S/C34H36F4N4O5/c1-46-27-9-4-23(5-10-27)30(43)24-12-18-42(19-13-24)32(45)29-11-6-25(20-39-29)31(44)40-26-14-16-41(17-15-26)21-22-2-7-28(8-3-22)47-34(37,38)33(35)36/h2-11,20,24,26,33H,12-19,21H2,1H3,(H,40,44). The van der Waals surface area contributed by atoms with Gasteiger partial charge in [0.05, 0.1) is 12.7 Å². The summed E-state index contributed by atoms with van der Waals surface area (Å²) >= 11 is 0. The van der Waals surface area contributed by atoms with Crippen molar-refractivity contribution >= 4 is 17.6 Å². The number of halogens is 4. The molecule has 47 heavy (non-hydrogen) atoms. The van der Waals surface area contributed by atoms with Crippen LogP contribution in [0.5, 0.6) is 11.5 Å². The number of aromatic nitrogens is 1. The third-order valence-corrected chi connectivity index (χ3v) is 8.53. The van der Waals surface area contributed by atoms with E-state index in [1.54, 1.807) is 60.5 Å². The number of hydrogen-bond donors (Lipinski definition) is 1. The fraction of sp³-hybridized carbons (Fsp3) is 0.412. The Morgan fingerprint density at radius 3 is 2.06 bits per heavy atom. The van der Waals surface area contributed by atoms with Crippen LogP contribution in [-0.2, 0) is 6.54 Å². The van der Waals surface area contributed by atoms with Crippen molar-refractivity contribution in [1.29, 1.82) is 0 Å². The van der Waals surface area contributed by atoms with Gasteiger partial charge < -0.3 is 19.7 Å². The van der Waals surface area contributed by atoms with Gasteiger partial charge in [0.25, 0.3) is 11.8 Å². The first-order chi connectivity index (χ1) is 22.5. The number of amides is 2. The summed E-state index contributed by atoms with van der Waals surface area (Å²) in [5.74, 6) is -0.293. The molecule has 1 aromatic heterocycles. The summed E-state index contributed by atoms with van der Waals surface area (Å²) in [7, 11) is 1.57. The van der Waals surface area contributed by atoms with Gasteiger partial charge >= 0.3 is 12.5 Å². The lowest BCUT2D eigenvalue weighted by Gasteiger charge is -2.32. The van der Waals surface area contributed by atoms with Gasteiger partial charge in [-0.3, -0.25) is 24.3 Å². The summed E-state index contributed by atoms with van der Waals surface area (Å²) in [6.45, 7) is 2.77.